The summed E-state index contributed by atoms with van der Waals surface area (Å²) in [5.74, 6) is 0.610. The van der Waals surface area contributed by atoms with Gasteiger partial charge in [-0.05, 0) is 48.1 Å². The van der Waals surface area contributed by atoms with E-state index in [9.17, 15) is 4.79 Å². The van der Waals surface area contributed by atoms with E-state index >= 15 is 0 Å². The number of rotatable bonds is 4. The van der Waals surface area contributed by atoms with Crippen molar-refractivity contribution in [3.05, 3.63) is 36.4 Å². The number of carboxylic acid groups (broad SMARTS) is 1. The fourth-order valence-electron chi connectivity index (χ4n) is 4.36. The fourth-order valence-corrected chi connectivity index (χ4v) is 6.29. The predicted molar refractivity (Wildman–Crippen MR) is 135 cm³/mol. The topological polar surface area (TPSA) is 62.1 Å². The summed E-state index contributed by atoms with van der Waals surface area (Å²) in [5.41, 5.74) is 1.17. The Morgan fingerprint density at radius 1 is 1.29 bits per heavy atom. The molecule has 2 fully saturated rings. The van der Waals surface area contributed by atoms with Crippen LogP contribution in [-0.4, -0.2) is 50.6 Å². The Bertz CT molecular complexity index is 1020. The van der Waals surface area contributed by atoms with Crippen LogP contribution in [0, 0.1) is 5.41 Å². The van der Waals surface area contributed by atoms with Crippen LogP contribution >= 0.6 is 35.7 Å². The molecule has 1 spiro atoms. The number of nitrogens with zero attached hydrogens (tertiary/aromatic N) is 2. The zero-order valence-electron chi connectivity index (χ0n) is 17.5. The Hall–Kier alpha value is -1.77. The van der Waals surface area contributed by atoms with E-state index in [1.807, 2.05) is 48.3 Å². The number of thioether (sulfide) groups is 2. The van der Waals surface area contributed by atoms with Crippen LogP contribution in [0.2, 0.25) is 0 Å². The van der Waals surface area contributed by atoms with Crippen molar-refractivity contribution >= 4 is 67.7 Å². The highest BCUT2D eigenvalue weighted by Crippen LogP contribution is 2.44. The van der Waals surface area contributed by atoms with Gasteiger partial charge >= 0.3 is 5.97 Å². The van der Waals surface area contributed by atoms with Gasteiger partial charge in [0.15, 0.2) is 11.8 Å². The van der Waals surface area contributed by atoms with Crippen LogP contribution < -0.4 is 4.74 Å². The minimum Gasteiger partial charge on any atom is -0.482 e. The molecule has 0 bridgehead atoms. The summed E-state index contributed by atoms with van der Waals surface area (Å²) in [6.07, 6.45) is 8.49. The number of thiocarbonyl (C=S) groups is 1. The number of amidine groups is 1. The van der Waals surface area contributed by atoms with Gasteiger partial charge in [0.05, 0.1) is 5.69 Å². The summed E-state index contributed by atoms with van der Waals surface area (Å²) in [4.78, 5) is 18.1. The second-order valence-electron chi connectivity index (χ2n) is 8.14. The number of ether oxygens (including phenoxy) is 1. The number of carbonyl (C=O) groups is 1. The average Bonchev–Trinajstić information content (AvgIpc) is 2.79. The normalized spacial score (nSPS) is 19.6. The molecule has 2 aliphatic rings. The molecule has 1 saturated carbocycles. The van der Waals surface area contributed by atoms with Gasteiger partial charge in [-0.3, -0.25) is 0 Å². The smallest absolute Gasteiger partial charge is 0.341 e. The van der Waals surface area contributed by atoms with Gasteiger partial charge < -0.3 is 14.7 Å². The van der Waals surface area contributed by atoms with E-state index in [1.165, 1.54) is 32.1 Å². The summed E-state index contributed by atoms with van der Waals surface area (Å²) in [5, 5.41) is 11.8. The Labute approximate surface area is 196 Å². The summed E-state index contributed by atoms with van der Waals surface area (Å²) >= 11 is 9.12. The second kappa shape index (κ2) is 9.79. The third kappa shape index (κ3) is 5.18. The van der Waals surface area contributed by atoms with Crippen molar-refractivity contribution in [2.75, 3.05) is 25.2 Å². The van der Waals surface area contributed by atoms with Crippen LogP contribution in [0.15, 0.2) is 41.4 Å². The van der Waals surface area contributed by atoms with Crippen LogP contribution in [-0.2, 0) is 4.79 Å². The van der Waals surface area contributed by atoms with Gasteiger partial charge in [-0.2, -0.15) is 0 Å². The molecular formula is C23H26N2O3S3. The van der Waals surface area contributed by atoms with Crippen molar-refractivity contribution in [1.29, 1.82) is 0 Å². The molecule has 0 aromatic heterocycles. The van der Waals surface area contributed by atoms with Crippen LogP contribution in [0.1, 0.15) is 32.1 Å². The minimum atomic E-state index is -0.995. The lowest BCUT2D eigenvalue weighted by Gasteiger charge is -2.45. The molecule has 1 saturated heterocycles. The van der Waals surface area contributed by atoms with E-state index in [1.54, 1.807) is 17.8 Å². The van der Waals surface area contributed by atoms with E-state index in [4.69, 9.17) is 27.1 Å². The largest absolute Gasteiger partial charge is 0.482 e. The van der Waals surface area contributed by atoms with E-state index in [-0.39, 0.29) is 6.61 Å². The van der Waals surface area contributed by atoms with Crippen molar-refractivity contribution in [2.24, 2.45) is 10.4 Å². The van der Waals surface area contributed by atoms with Crippen LogP contribution in [0.5, 0.6) is 5.75 Å². The molecule has 1 heterocycles. The summed E-state index contributed by atoms with van der Waals surface area (Å²) in [6.45, 7) is 0.576. The third-order valence-corrected chi connectivity index (χ3v) is 8.57. The monoisotopic (exact) mass is 474 g/mol. The number of hydrogen-bond donors (Lipinski definition) is 1. The molecule has 1 N–H and O–H groups in total. The van der Waals surface area contributed by atoms with E-state index in [0.717, 1.165) is 38.2 Å². The standard InChI is InChI=1S/C23H26N2O3S3/c1-30-22(29)25-14-23(10-3-2-4-11-23)15-31-21(25)24-19-7-5-6-16-8-9-17(12-18(16)19)28-13-20(26)27/h5-9,12H,2-4,10-11,13-15H2,1H3,(H,26,27). The van der Waals surface area contributed by atoms with Crippen molar-refractivity contribution in [3.8, 4) is 5.75 Å². The lowest BCUT2D eigenvalue weighted by molar-refractivity contribution is -0.139. The number of carboxylic acids is 1. The molecule has 1 aliphatic carbocycles. The Balaban J connectivity index is 1.67. The van der Waals surface area contributed by atoms with Crippen molar-refractivity contribution in [2.45, 2.75) is 32.1 Å². The van der Waals surface area contributed by atoms with Crippen molar-refractivity contribution < 1.29 is 14.6 Å². The SMILES string of the molecule is CSC(=S)N1CC2(CCCCC2)CSC1=Nc1cccc2ccc(OCC(=O)O)cc12. The molecule has 0 unspecified atom stereocenters. The number of fused-ring (bicyclic) bond motifs is 1. The summed E-state index contributed by atoms with van der Waals surface area (Å²) < 4.78 is 6.25. The second-order valence-corrected chi connectivity index (χ2v) is 10.5. The number of aliphatic imine (C=N–C) groups is 1. The molecule has 0 radical (unpaired) electrons. The first kappa shape index (κ1) is 22.4. The molecule has 4 rings (SSSR count). The maximum absolute atomic E-state index is 10.9. The van der Waals surface area contributed by atoms with Crippen LogP contribution in [0.3, 0.4) is 0 Å². The van der Waals surface area contributed by atoms with E-state index < -0.39 is 5.97 Å². The maximum atomic E-state index is 10.9. The van der Waals surface area contributed by atoms with Gasteiger partial charge in [0.2, 0.25) is 0 Å². The molecule has 2 aromatic carbocycles. The van der Waals surface area contributed by atoms with Gasteiger partial charge in [0.25, 0.3) is 0 Å². The molecular weight excluding hydrogens is 448 g/mol. The summed E-state index contributed by atoms with van der Waals surface area (Å²) in [6, 6.07) is 11.6. The van der Waals surface area contributed by atoms with Gasteiger partial charge in [-0.1, -0.05) is 73.2 Å². The first-order valence-electron chi connectivity index (χ1n) is 10.4. The van der Waals surface area contributed by atoms with Crippen molar-refractivity contribution in [1.82, 2.24) is 4.90 Å². The molecule has 1 aliphatic heterocycles. The van der Waals surface area contributed by atoms with Gasteiger partial charge in [0.1, 0.15) is 10.1 Å². The number of aliphatic carboxylic acids is 1. The maximum Gasteiger partial charge on any atom is 0.341 e. The van der Waals surface area contributed by atoms with Crippen molar-refractivity contribution in [3.63, 3.8) is 0 Å². The van der Waals surface area contributed by atoms with E-state index in [2.05, 4.69) is 4.90 Å². The van der Waals surface area contributed by atoms with Crippen LogP contribution in [0.25, 0.3) is 10.8 Å². The molecule has 0 atom stereocenters. The van der Waals surface area contributed by atoms with Gasteiger partial charge in [-0.25, -0.2) is 9.79 Å². The predicted octanol–water partition coefficient (Wildman–Crippen LogP) is 5.94. The van der Waals surface area contributed by atoms with Gasteiger partial charge in [0, 0.05) is 17.7 Å². The Morgan fingerprint density at radius 3 is 2.84 bits per heavy atom. The van der Waals surface area contributed by atoms with Crippen LogP contribution in [0.4, 0.5) is 5.69 Å². The Morgan fingerprint density at radius 2 is 2.10 bits per heavy atom. The quantitative estimate of drug-likeness (QED) is 0.550. The molecule has 2 aromatic rings. The highest BCUT2D eigenvalue weighted by atomic mass is 32.2. The molecule has 164 valence electrons. The highest BCUT2D eigenvalue weighted by molar-refractivity contribution is 8.23. The molecule has 31 heavy (non-hydrogen) atoms. The Kier molecular flexibility index (Phi) is 7.08. The zero-order chi connectivity index (χ0) is 21.8. The molecule has 8 heteroatoms. The molecule has 5 nitrogen and oxygen atoms in total. The zero-order valence-corrected chi connectivity index (χ0v) is 20.0. The lowest BCUT2D eigenvalue weighted by Crippen LogP contribution is -2.48. The minimum absolute atomic E-state index is 0.332. The first-order chi connectivity index (χ1) is 15.0. The van der Waals surface area contributed by atoms with Gasteiger partial charge in [-0.15, -0.1) is 0 Å². The van der Waals surface area contributed by atoms with E-state index in [0.29, 0.717) is 11.2 Å². The fraction of sp³-hybridized carbons (Fsp3) is 0.435. The number of benzene rings is 2. The lowest BCUT2D eigenvalue weighted by atomic mass is 9.75. The summed E-state index contributed by atoms with van der Waals surface area (Å²) in [7, 11) is 0. The molecule has 0 amide bonds. The third-order valence-electron chi connectivity index (χ3n) is 5.95. The highest BCUT2D eigenvalue weighted by Gasteiger charge is 2.40. The number of hydrogen-bond acceptors (Lipinski definition) is 6. The first-order valence-corrected chi connectivity index (χ1v) is 13.1. The average molecular weight is 475 g/mol.